The summed E-state index contributed by atoms with van der Waals surface area (Å²) < 4.78 is 7.01. The summed E-state index contributed by atoms with van der Waals surface area (Å²) in [6.45, 7) is 1.87. The molecule has 2 aromatic heterocycles. The van der Waals surface area contributed by atoms with Gasteiger partial charge in [-0.3, -0.25) is 4.79 Å². The lowest BCUT2D eigenvalue weighted by Gasteiger charge is -2.16. The zero-order chi connectivity index (χ0) is 23.5. The number of nitrogens with one attached hydrogen (secondary N) is 1. The second kappa shape index (κ2) is 9.65. The van der Waals surface area contributed by atoms with E-state index in [1.165, 1.54) is 21.8 Å². The number of nitrogens with zero attached hydrogens (tertiary/aromatic N) is 2. The van der Waals surface area contributed by atoms with Gasteiger partial charge in [0, 0.05) is 16.5 Å². The summed E-state index contributed by atoms with van der Waals surface area (Å²) in [6, 6.07) is 23.1. The number of fused-ring (bicyclic) bond motifs is 1. The number of esters is 1. The molecule has 0 saturated heterocycles. The number of aryl methyl sites for hydroxylation is 1. The second-order valence-corrected chi connectivity index (χ2v) is 9.70. The third kappa shape index (κ3) is 4.79. The standard InChI is InChI=1S/C27H25N3O3S/c1-18-12-13-23-20(14-18)15-24(34-23)27(32)33-17-26(31)28-25-16-22(19-8-4-2-5-9-19)29-30(25)21-10-6-3-7-11-21/h2-11,15-16,18H,12-14,17H2,1H3,(H,28,31). The number of ether oxygens (including phenoxy) is 1. The zero-order valence-corrected chi connectivity index (χ0v) is 19.7. The molecule has 0 aliphatic heterocycles. The Hall–Kier alpha value is -3.71. The van der Waals surface area contributed by atoms with Crippen LogP contribution in [0.2, 0.25) is 0 Å². The number of amides is 1. The number of hydrogen-bond donors (Lipinski definition) is 1. The van der Waals surface area contributed by atoms with Gasteiger partial charge in [0.15, 0.2) is 6.61 Å². The molecule has 1 unspecified atom stereocenters. The highest BCUT2D eigenvalue weighted by Crippen LogP contribution is 2.32. The average Bonchev–Trinajstić information content (AvgIpc) is 3.48. The van der Waals surface area contributed by atoms with Crippen LogP contribution in [0.15, 0.2) is 72.8 Å². The summed E-state index contributed by atoms with van der Waals surface area (Å²) in [5.41, 5.74) is 3.72. The molecule has 1 N–H and O–H groups in total. The highest BCUT2D eigenvalue weighted by atomic mass is 32.1. The van der Waals surface area contributed by atoms with Crippen molar-refractivity contribution in [2.24, 2.45) is 5.92 Å². The second-order valence-electron chi connectivity index (χ2n) is 8.56. The highest BCUT2D eigenvalue weighted by Gasteiger charge is 2.22. The van der Waals surface area contributed by atoms with Crippen molar-refractivity contribution in [3.8, 4) is 16.9 Å². The summed E-state index contributed by atoms with van der Waals surface area (Å²) in [5.74, 6) is 0.266. The van der Waals surface area contributed by atoms with E-state index >= 15 is 0 Å². The van der Waals surface area contributed by atoms with Crippen LogP contribution in [0.1, 0.15) is 33.5 Å². The van der Waals surface area contributed by atoms with Gasteiger partial charge in [-0.2, -0.15) is 5.10 Å². The van der Waals surface area contributed by atoms with Gasteiger partial charge in [-0.15, -0.1) is 11.3 Å². The lowest BCUT2D eigenvalue weighted by atomic mass is 9.90. The van der Waals surface area contributed by atoms with Crippen LogP contribution in [0.3, 0.4) is 0 Å². The van der Waals surface area contributed by atoms with Crippen LogP contribution in [0.25, 0.3) is 16.9 Å². The summed E-state index contributed by atoms with van der Waals surface area (Å²) >= 11 is 1.48. The Bertz CT molecular complexity index is 1310. The number of thiophene rings is 1. The van der Waals surface area contributed by atoms with Crippen molar-refractivity contribution in [2.75, 3.05) is 11.9 Å². The van der Waals surface area contributed by atoms with E-state index in [1.807, 2.05) is 72.8 Å². The van der Waals surface area contributed by atoms with Gasteiger partial charge in [-0.25, -0.2) is 9.48 Å². The van der Waals surface area contributed by atoms with Crippen LogP contribution in [0.5, 0.6) is 0 Å². The molecule has 2 heterocycles. The predicted octanol–water partition coefficient (Wildman–Crippen LogP) is 5.52. The number of benzene rings is 2. The van der Waals surface area contributed by atoms with E-state index in [2.05, 4.69) is 17.3 Å². The fourth-order valence-corrected chi connectivity index (χ4v) is 5.28. The summed E-state index contributed by atoms with van der Waals surface area (Å²) in [5, 5.41) is 7.53. The van der Waals surface area contributed by atoms with Gasteiger partial charge in [-0.05, 0) is 48.9 Å². The smallest absolute Gasteiger partial charge is 0.348 e. The van der Waals surface area contributed by atoms with E-state index in [4.69, 9.17) is 4.74 Å². The molecule has 0 saturated carbocycles. The largest absolute Gasteiger partial charge is 0.451 e. The number of rotatable bonds is 6. The molecule has 0 radical (unpaired) electrons. The van der Waals surface area contributed by atoms with E-state index < -0.39 is 11.9 Å². The molecule has 1 aliphatic carbocycles. The fourth-order valence-electron chi connectivity index (χ4n) is 4.17. The van der Waals surface area contributed by atoms with Crippen LogP contribution in [0.4, 0.5) is 5.82 Å². The molecule has 1 atom stereocenters. The van der Waals surface area contributed by atoms with Gasteiger partial charge in [0.1, 0.15) is 10.7 Å². The van der Waals surface area contributed by atoms with Gasteiger partial charge < -0.3 is 10.1 Å². The molecule has 2 aromatic carbocycles. The molecule has 5 rings (SSSR count). The third-order valence-electron chi connectivity index (χ3n) is 5.91. The Balaban J connectivity index is 1.29. The van der Waals surface area contributed by atoms with E-state index in [-0.39, 0.29) is 6.61 Å². The first-order chi connectivity index (χ1) is 16.6. The fraction of sp³-hybridized carbons (Fsp3) is 0.222. The van der Waals surface area contributed by atoms with E-state index in [0.717, 1.165) is 36.2 Å². The quantitative estimate of drug-likeness (QED) is 0.376. The Morgan fingerprint density at radius 3 is 2.59 bits per heavy atom. The van der Waals surface area contributed by atoms with Gasteiger partial charge in [0.25, 0.3) is 5.91 Å². The van der Waals surface area contributed by atoms with Crippen molar-refractivity contribution >= 4 is 29.0 Å². The molecule has 4 aromatic rings. The van der Waals surface area contributed by atoms with Crippen molar-refractivity contribution in [3.05, 3.63) is 88.1 Å². The van der Waals surface area contributed by atoms with Crippen LogP contribution in [-0.4, -0.2) is 28.3 Å². The highest BCUT2D eigenvalue weighted by molar-refractivity contribution is 7.14. The molecule has 7 heteroatoms. The number of carbonyl (C=O) groups is 2. The Morgan fingerprint density at radius 1 is 1.09 bits per heavy atom. The lowest BCUT2D eigenvalue weighted by Crippen LogP contribution is -2.22. The van der Waals surface area contributed by atoms with Crippen LogP contribution in [-0.2, 0) is 22.4 Å². The lowest BCUT2D eigenvalue weighted by molar-refractivity contribution is -0.119. The zero-order valence-electron chi connectivity index (χ0n) is 18.9. The monoisotopic (exact) mass is 471 g/mol. The number of carbonyl (C=O) groups excluding carboxylic acids is 2. The van der Waals surface area contributed by atoms with E-state index in [9.17, 15) is 9.59 Å². The minimum atomic E-state index is -0.455. The van der Waals surface area contributed by atoms with E-state index in [0.29, 0.717) is 16.6 Å². The maximum Gasteiger partial charge on any atom is 0.348 e. The maximum atomic E-state index is 12.7. The molecule has 34 heavy (non-hydrogen) atoms. The van der Waals surface area contributed by atoms with Gasteiger partial charge >= 0.3 is 5.97 Å². The number of para-hydroxylation sites is 1. The summed E-state index contributed by atoms with van der Waals surface area (Å²) in [6.07, 6.45) is 3.14. The molecule has 1 aliphatic rings. The van der Waals surface area contributed by atoms with Crippen molar-refractivity contribution in [1.29, 1.82) is 0 Å². The van der Waals surface area contributed by atoms with Crippen molar-refractivity contribution in [3.63, 3.8) is 0 Å². The minimum absolute atomic E-state index is 0.363. The minimum Gasteiger partial charge on any atom is -0.451 e. The SMILES string of the molecule is CC1CCc2sc(C(=O)OCC(=O)Nc3cc(-c4ccccc4)nn3-c3ccccc3)cc2C1. The number of anilines is 1. The van der Waals surface area contributed by atoms with Crippen molar-refractivity contribution in [2.45, 2.75) is 26.2 Å². The Kier molecular flexibility index (Phi) is 6.27. The van der Waals surface area contributed by atoms with Gasteiger partial charge in [0.05, 0.1) is 11.4 Å². The molecule has 0 spiro atoms. The Labute approximate surface area is 202 Å². The molecule has 6 nitrogen and oxygen atoms in total. The van der Waals surface area contributed by atoms with Crippen molar-refractivity contribution in [1.82, 2.24) is 9.78 Å². The van der Waals surface area contributed by atoms with E-state index in [1.54, 1.807) is 4.68 Å². The molecule has 0 bridgehead atoms. The van der Waals surface area contributed by atoms with Crippen LogP contribution in [0, 0.1) is 5.92 Å². The first kappa shape index (κ1) is 22.1. The molecular formula is C27H25N3O3S. The Morgan fingerprint density at radius 2 is 1.82 bits per heavy atom. The number of hydrogen-bond acceptors (Lipinski definition) is 5. The summed E-state index contributed by atoms with van der Waals surface area (Å²) in [7, 11) is 0. The van der Waals surface area contributed by atoms with Crippen LogP contribution < -0.4 is 5.32 Å². The third-order valence-corrected chi connectivity index (χ3v) is 7.13. The molecule has 1 amide bonds. The topological polar surface area (TPSA) is 73.2 Å². The number of aromatic nitrogens is 2. The predicted molar refractivity (Wildman–Crippen MR) is 133 cm³/mol. The maximum absolute atomic E-state index is 12.7. The van der Waals surface area contributed by atoms with Gasteiger partial charge in [-0.1, -0.05) is 55.5 Å². The molecule has 172 valence electrons. The summed E-state index contributed by atoms with van der Waals surface area (Å²) in [4.78, 5) is 27.1. The average molecular weight is 472 g/mol. The normalized spacial score (nSPS) is 14.9. The molecule has 0 fully saturated rings. The first-order valence-electron chi connectivity index (χ1n) is 11.4. The van der Waals surface area contributed by atoms with Gasteiger partial charge in [0.2, 0.25) is 0 Å². The van der Waals surface area contributed by atoms with Crippen molar-refractivity contribution < 1.29 is 14.3 Å². The van der Waals surface area contributed by atoms with Crippen LogP contribution >= 0.6 is 11.3 Å². The molecular weight excluding hydrogens is 446 g/mol. The first-order valence-corrected chi connectivity index (χ1v) is 12.2.